The molecule has 0 saturated heterocycles. The number of hydrogen-bond donors (Lipinski definition) is 2. The van der Waals surface area contributed by atoms with Crippen LogP contribution in [-0.2, 0) is 12.8 Å². The van der Waals surface area contributed by atoms with Gasteiger partial charge in [-0.1, -0.05) is 64.1 Å². The topological polar surface area (TPSA) is 40.0 Å². The predicted octanol–water partition coefficient (Wildman–Crippen LogP) is 0.961. The Labute approximate surface area is 165 Å². The lowest BCUT2D eigenvalue weighted by molar-refractivity contribution is -0.357. The third kappa shape index (κ3) is 6.84. The van der Waals surface area contributed by atoms with Crippen LogP contribution in [0.5, 0.6) is 0 Å². The molecule has 1 unspecified atom stereocenters. The highest BCUT2D eigenvalue weighted by Crippen LogP contribution is 2.17. The van der Waals surface area contributed by atoms with Gasteiger partial charge < -0.3 is 12.4 Å². The first-order chi connectivity index (χ1) is 11.8. The molecule has 3 N–H and O–H groups in total. The van der Waals surface area contributed by atoms with E-state index >= 15 is 0 Å². The molecule has 0 aliphatic heterocycles. The molecule has 0 radical (unpaired) electrons. The van der Waals surface area contributed by atoms with Crippen LogP contribution >= 0.6 is 0 Å². The van der Waals surface area contributed by atoms with Crippen LogP contribution < -0.4 is 23.1 Å². The van der Waals surface area contributed by atoms with E-state index in [9.17, 15) is 0 Å². The maximum atomic E-state index is 6.32. The fourth-order valence-corrected chi connectivity index (χ4v) is 3.06. The predicted molar refractivity (Wildman–Crippen MR) is 108 cm³/mol. The summed E-state index contributed by atoms with van der Waals surface area (Å²) in [5.74, 6) is 2.31. The van der Waals surface area contributed by atoms with Crippen LogP contribution in [0.15, 0.2) is 48.5 Å². The van der Waals surface area contributed by atoms with Gasteiger partial charge in [-0.25, -0.2) is 4.99 Å². The van der Waals surface area contributed by atoms with Crippen molar-refractivity contribution >= 4 is 11.5 Å². The molecule has 2 aromatic rings. The van der Waals surface area contributed by atoms with Gasteiger partial charge in [0.15, 0.2) is 0 Å². The summed E-state index contributed by atoms with van der Waals surface area (Å²) in [5, 5.41) is 0. The van der Waals surface area contributed by atoms with Crippen molar-refractivity contribution in [3.05, 3.63) is 65.2 Å². The van der Waals surface area contributed by atoms with E-state index in [1.54, 1.807) is 0 Å². The lowest BCUT2D eigenvalue weighted by atomic mass is 9.96. The van der Waals surface area contributed by atoms with Gasteiger partial charge >= 0.3 is 0 Å². The van der Waals surface area contributed by atoms with Crippen molar-refractivity contribution in [1.82, 2.24) is 0 Å². The molecule has 3 heteroatoms. The lowest BCUT2D eigenvalue weighted by Gasteiger charge is -2.10. The Balaban J connectivity index is 0.00000338. The largest absolute Gasteiger partial charge is 1.00 e. The number of halogens is 1. The molecule has 0 spiro atoms. The normalized spacial score (nSPS) is 13.0. The fourth-order valence-electron chi connectivity index (χ4n) is 3.06. The number of benzene rings is 2. The Morgan fingerprint density at radius 2 is 1.19 bits per heavy atom. The number of hydrogen-bond acceptors (Lipinski definition) is 0. The molecule has 1 atom stereocenters. The fraction of sp³-hybridized carbons (Fsp3) is 0.435. The zero-order chi connectivity index (χ0) is 18.4. The molecule has 2 rings (SSSR count). The Hall–Kier alpha value is -1.80. The molecule has 0 aliphatic carbocycles. The molecule has 0 aromatic heterocycles. The summed E-state index contributed by atoms with van der Waals surface area (Å²) in [6.45, 7) is 11.1. The van der Waals surface area contributed by atoms with Gasteiger partial charge in [0.25, 0.3) is 5.84 Å². The molecule has 0 saturated carbocycles. The van der Waals surface area contributed by atoms with Crippen molar-refractivity contribution in [2.45, 2.75) is 53.4 Å². The van der Waals surface area contributed by atoms with Gasteiger partial charge in [0, 0.05) is 0 Å². The van der Waals surface area contributed by atoms with Crippen LogP contribution in [0.2, 0.25) is 0 Å². The zero-order valence-corrected chi connectivity index (χ0v) is 17.5. The van der Waals surface area contributed by atoms with Crippen molar-refractivity contribution in [3.63, 3.8) is 0 Å². The van der Waals surface area contributed by atoms with Crippen molar-refractivity contribution in [2.24, 2.45) is 17.6 Å². The van der Waals surface area contributed by atoms with E-state index in [2.05, 4.69) is 88.1 Å². The summed E-state index contributed by atoms with van der Waals surface area (Å²) >= 11 is 0. The van der Waals surface area contributed by atoms with Crippen molar-refractivity contribution in [2.75, 3.05) is 0 Å². The van der Waals surface area contributed by atoms with E-state index in [1.807, 2.05) is 0 Å². The first-order valence-electron chi connectivity index (χ1n) is 9.42. The highest BCUT2D eigenvalue weighted by molar-refractivity contribution is 5.82. The third-order valence-electron chi connectivity index (χ3n) is 4.48. The Bertz CT molecular complexity index is 685. The number of nitrogens with two attached hydrogens (primary N) is 1. The van der Waals surface area contributed by atoms with Crippen LogP contribution in [0.1, 0.15) is 57.2 Å². The van der Waals surface area contributed by atoms with Crippen LogP contribution in [0, 0.1) is 11.8 Å². The van der Waals surface area contributed by atoms with E-state index in [0.717, 1.165) is 24.4 Å². The summed E-state index contributed by atoms with van der Waals surface area (Å²) in [5.41, 5.74) is 11.4. The third-order valence-corrected chi connectivity index (χ3v) is 4.48. The standard InChI is InChI=1S/C23H32N2.ClH/c1-16(2)14-19-6-10-21(11-7-19)18(5)23(24)25-22-12-8-20(9-13-22)15-17(3)4;/h6-13,16-18H,14-15H2,1-5H3,(H2,24,25);1H. The van der Waals surface area contributed by atoms with Gasteiger partial charge in [-0.15, -0.1) is 0 Å². The van der Waals surface area contributed by atoms with Gasteiger partial charge in [-0.2, -0.15) is 0 Å². The molecule has 0 bridgehead atoms. The summed E-state index contributed by atoms with van der Waals surface area (Å²) < 4.78 is 0. The first kappa shape index (κ1) is 22.2. The molecular formula is C23H33ClN2. The average molecular weight is 373 g/mol. The average Bonchev–Trinajstić information content (AvgIpc) is 2.55. The maximum absolute atomic E-state index is 6.32. The number of amidine groups is 1. The van der Waals surface area contributed by atoms with Crippen molar-refractivity contribution in [3.8, 4) is 0 Å². The van der Waals surface area contributed by atoms with Gasteiger partial charge in [-0.3, -0.25) is 5.73 Å². The van der Waals surface area contributed by atoms with Crippen LogP contribution in [0.25, 0.3) is 0 Å². The molecule has 0 amide bonds. The van der Waals surface area contributed by atoms with E-state index < -0.39 is 0 Å². The monoisotopic (exact) mass is 372 g/mol. The first-order valence-corrected chi connectivity index (χ1v) is 9.42. The van der Waals surface area contributed by atoms with Crippen molar-refractivity contribution < 1.29 is 17.4 Å². The van der Waals surface area contributed by atoms with E-state index in [-0.39, 0.29) is 18.3 Å². The second kappa shape index (κ2) is 10.4. The molecule has 0 fully saturated rings. The SMILES string of the molecule is CC(C)Cc1ccc([NH+]=C(N)C(C)c2ccc(CC(C)C)cc2)cc1.[Cl-]. The van der Waals surface area contributed by atoms with E-state index in [0.29, 0.717) is 11.8 Å². The van der Waals surface area contributed by atoms with Crippen molar-refractivity contribution in [1.29, 1.82) is 0 Å². The van der Waals surface area contributed by atoms with Gasteiger partial charge in [-0.05, 0) is 60.4 Å². The Kier molecular flexibility index (Phi) is 8.87. The second-order valence-electron chi connectivity index (χ2n) is 7.94. The quantitative estimate of drug-likeness (QED) is 0.551. The molecule has 26 heavy (non-hydrogen) atoms. The minimum absolute atomic E-state index is 0. The summed E-state index contributed by atoms with van der Waals surface area (Å²) in [4.78, 5) is 3.36. The van der Waals surface area contributed by atoms with Gasteiger partial charge in [0.05, 0.1) is 5.92 Å². The molecule has 0 heterocycles. The van der Waals surface area contributed by atoms with Crippen LogP contribution in [-0.4, -0.2) is 5.84 Å². The van der Waals surface area contributed by atoms with Crippen LogP contribution in [0.4, 0.5) is 5.69 Å². The minimum atomic E-state index is 0. The zero-order valence-electron chi connectivity index (χ0n) is 16.7. The minimum Gasteiger partial charge on any atom is -1.00 e. The summed E-state index contributed by atoms with van der Waals surface area (Å²) in [6.07, 6.45) is 2.23. The second-order valence-corrected chi connectivity index (χ2v) is 7.94. The van der Waals surface area contributed by atoms with Crippen LogP contribution in [0.3, 0.4) is 0 Å². The number of rotatable bonds is 7. The lowest BCUT2D eigenvalue weighted by Crippen LogP contribution is -3.00. The van der Waals surface area contributed by atoms with Gasteiger partial charge in [0.2, 0.25) is 0 Å². The number of nitrogens with one attached hydrogen (secondary N) is 1. The maximum Gasteiger partial charge on any atom is 0.252 e. The molecule has 0 aliphatic rings. The molecule has 2 aromatic carbocycles. The van der Waals surface area contributed by atoms with E-state index in [1.165, 1.54) is 16.7 Å². The Morgan fingerprint density at radius 1 is 0.769 bits per heavy atom. The van der Waals surface area contributed by atoms with Gasteiger partial charge in [0.1, 0.15) is 5.69 Å². The summed E-state index contributed by atoms with van der Waals surface area (Å²) in [6, 6.07) is 17.4. The Morgan fingerprint density at radius 3 is 1.62 bits per heavy atom. The molecule has 142 valence electrons. The molecule has 2 nitrogen and oxygen atoms in total. The highest BCUT2D eigenvalue weighted by atomic mass is 35.5. The summed E-state index contributed by atoms with van der Waals surface area (Å²) in [7, 11) is 0. The van der Waals surface area contributed by atoms with E-state index in [4.69, 9.17) is 5.73 Å². The molecular weight excluding hydrogens is 340 g/mol. The smallest absolute Gasteiger partial charge is 0.252 e. The highest BCUT2D eigenvalue weighted by Gasteiger charge is 2.15.